The third kappa shape index (κ3) is 5.24. The summed E-state index contributed by atoms with van der Waals surface area (Å²) >= 11 is 0. The van der Waals surface area contributed by atoms with Crippen molar-refractivity contribution in [1.82, 2.24) is 14.8 Å². The van der Waals surface area contributed by atoms with Gasteiger partial charge in [-0.2, -0.15) is 0 Å². The van der Waals surface area contributed by atoms with E-state index in [1.165, 1.54) is 12.3 Å². The average molecular weight is 415 g/mol. The Kier molecular flexibility index (Phi) is 7.18. The van der Waals surface area contributed by atoms with Crippen molar-refractivity contribution >= 4 is 23.5 Å². The summed E-state index contributed by atoms with van der Waals surface area (Å²) in [5, 5.41) is 5.17. The van der Waals surface area contributed by atoms with E-state index in [9.17, 15) is 9.59 Å². The number of carbonyl (C=O) groups is 2. The van der Waals surface area contributed by atoms with Gasteiger partial charge in [0.05, 0.1) is 24.2 Å². The molecule has 0 unspecified atom stereocenters. The van der Waals surface area contributed by atoms with Crippen LogP contribution in [0.5, 0.6) is 0 Å². The number of carbonyl (C=O) groups excluding carboxylic acids is 2. The number of hydrogen-bond donors (Lipinski definition) is 2. The number of aromatic nitrogens is 1. The van der Waals surface area contributed by atoms with Crippen LogP contribution in [0.2, 0.25) is 0 Å². The number of nitrogens with zero attached hydrogens (tertiary/aromatic N) is 3. The molecule has 8 nitrogen and oxygen atoms in total. The molecule has 1 aliphatic heterocycles. The van der Waals surface area contributed by atoms with Gasteiger partial charge in [0.2, 0.25) is 0 Å². The summed E-state index contributed by atoms with van der Waals surface area (Å²) in [4.78, 5) is 31.7. The lowest BCUT2D eigenvalue weighted by Gasteiger charge is -2.37. The largest absolute Gasteiger partial charge is 0.450 e. The molecule has 2 N–H and O–H groups in total. The van der Waals surface area contributed by atoms with E-state index in [4.69, 9.17) is 4.74 Å². The van der Waals surface area contributed by atoms with E-state index in [0.717, 1.165) is 0 Å². The highest BCUT2D eigenvalue weighted by molar-refractivity contribution is 5.99. The summed E-state index contributed by atoms with van der Waals surface area (Å²) in [6, 6.07) is 7.57. The highest BCUT2D eigenvalue weighted by Gasteiger charge is 2.27. The molecule has 1 aromatic carbocycles. The van der Waals surface area contributed by atoms with Crippen LogP contribution in [0.1, 0.15) is 25.5 Å². The SMILES string of the molecule is CCOC(=O)N1CCN([C@@H](C)c2cccc(NC(=O)Nc3cccnc3)c2F)CC1. The second-order valence-corrected chi connectivity index (χ2v) is 6.93. The van der Waals surface area contributed by atoms with E-state index in [0.29, 0.717) is 44.0 Å². The average Bonchev–Trinajstić information content (AvgIpc) is 2.76. The molecule has 0 saturated carbocycles. The number of urea groups is 1. The number of rotatable bonds is 5. The minimum atomic E-state index is -0.547. The van der Waals surface area contributed by atoms with Gasteiger partial charge in [-0.15, -0.1) is 0 Å². The molecule has 0 radical (unpaired) electrons. The molecule has 1 saturated heterocycles. The molecular weight excluding hydrogens is 389 g/mol. The molecule has 1 fully saturated rings. The van der Waals surface area contributed by atoms with Crippen LogP contribution in [0.3, 0.4) is 0 Å². The number of benzene rings is 1. The Labute approximate surface area is 175 Å². The van der Waals surface area contributed by atoms with Gasteiger partial charge in [-0.25, -0.2) is 14.0 Å². The molecule has 0 bridgehead atoms. The van der Waals surface area contributed by atoms with Gasteiger partial charge >= 0.3 is 12.1 Å². The molecule has 0 spiro atoms. The number of piperazine rings is 1. The Morgan fingerprint density at radius 3 is 2.60 bits per heavy atom. The second-order valence-electron chi connectivity index (χ2n) is 6.93. The zero-order chi connectivity index (χ0) is 21.5. The predicted molar refractivity (Wildman–Crippen MR) is 112 cm³/mol. The lowest BCUT2D eigenvalue weighted by molar-refractivity contribution is 0.0681. The van der Waals surface area contributed by atoms with Crippen LogP contribution in [0.25, 0.3) is 0 Å². The van der Waals surface area contributed by atoms with Gasteiger partial charge in [-0.3, -0.25) is 9.88 Å². The molecule has 1 aliphatic rings. The van der Waals surface area contributed by atoms with Crippen molar-refractivity contribution in [1.29, 1.82) is 0 Å². The van der Waals surface area contributed by atoms with Crippen molar-refractivity contribution in [2.24, 2.45) is 0 Å². The molecule has 3 amide bonds. The van der Waals surface area contributed by atoms with Crippen LogP contribution in [-0.4, -0.2) is 59.7 Å². The summed E-state index contributed by atoms with van der Waals surface area (Å²) in [5.41, 5.74) is 1.10. The Morgan fingerprint density at radius 1 is 1.17 bits per heavy atom. The Morgan fingerprint density at radius 2 is 1.93 bits per heavy atom. The van der Waals surface area contributed by atoms with Crippen LogP contribution in [0, 0.1) is 5.82 Å². The maximum atomic E-state index is 15.1. The fourth-order valence-corrected chi connectivity index (χ4v) is 3.39. The minimum Gasteiger partial charge on any atom is -0.450 e. The first-order valence-corrected chi connectivity index (χ1v) is 9.91. The number of nitrogens with one attached hydrogen (secondary N) is 2. The first-order chi connectivity index (χ1) is 14.5. The molecule has 2 heterocycles. The summed E-state index contributed by atoms with van der Waals surface area (Å²) < 4.78 is 20.2. The van der Waals surface area contributed by atoms with Crippen LogP contribution in [-0.2, 0) is 4.74 Å². The van der Waals surface area contributed by atoms with Crippen LogP contribution in [0.15, 0.2) is 42.7 Å². The Hall–Kier alpha value is -3.20. The third-order valence-electron chi connectivity index (χ3n) is 5.03. The lowest BCUT2D eigenvalue weighted by atomic mass is 10.0. The molecule has 0 aliphatic carbocycles. The Bertz CT molecular complexity index is 872. The predicted octanol–water partition coefficient (Wildman–Crippen LogP) is 3.70. The van der Waals surface area contributed by atoms with Gasteiger partial charge < -0.3 is 20.3 Å². The van der Waals surface area contributed by atoms with Crippen molar-refractivity contribution in [3.8, 4) is 0 Å². The van der Waals surface area contributed by atoms with E-state index in [1.807, 2.05) is 6.92 Å². The fraction of sp³-hybridized carbons (Fsp3) is 0.381. The van der Waals surface area contributed by atoms with Crippen molar-refractivity contribution in [3.05, 3.63) is 54.1 Å². The maximum absolute atomic E-state index is 15.1. The highest BCUT2D eigenvalue weighted by Crippen LogP contribution is 2.28. The fourth-order valence-electron chi connectivity index (χ4n) is 3.39. The number of ether oxygens (including phenoxy) is 1. The summed E-state index contributed by atoms with van der Waals surface area (Å²) in [7, 11) is 0. The molecule has 1 aromatic heterocycles. The summed E-state index contributed by atoms with van der Waals surface area (Å²) in [6.07, 6.45) is 2.78. The van der Waals surface area contributed by atoms with E-state index in [1.54, 1.807) is 42.3 Å². The van der Waals surface area contributed by atoms with Gasteiger partial charge in [0.25, 0.3) is 0 Å². The second kappa shape index (κ2) is 10.0. The van der Waals surface area contributed by atoms with E-state index >= 15 is 4.39 Å². The van der Waals surface area contributed by atoms with Gasteiger partial charge in [0, 0.05) is 44.0 Å². The monoisotopic (exact) mass is 415 g/mol. The van der Waals surface area contributed by atoms with Crippen LogP contribution < -0.4 is 10.6 Å². The van der Waals surface area contributed by atoms with E-state index in [2.05, 4.69) is 20.5 Å². The lowest BCUT2D eigenvalue weighted by Crippen LogP contribution is -2.49. The molecule has 9 heteroatoms. The highest BCUT2D eigenvalue weighted by atomic mass is 19.1. The maximum Gasteiger partial charge on any atom is 0.409 e. The topological polar surface area (TPSA) is 86.8 Å². The zero-order valence-corrected chi connectivity index (χ0v) is 17.1. The number of amides is 3. The molecule has 160 valence electrons. The first kappa shape index (κ1) is 21.5. The number of hydrogen-bond acceptors (Lipinski definition) is 5. The van der Waals surface area contributed by atoms with Crippen molar-refractivity contribution < 1.29 is 18.7 Å². The smallest absolute Gasteiger partial charge is 0.409 e. The van der Waals surface area contributed by atoms with E-state index < -0.39 is 11.8 Å². The van der Waals surface area contributed by atoms with Crippen LogP contribution in [0.4, 0.5) is 25.4 Å². The molecule has 2 aromatic rings. The normalized spacial score (nSPS) is 15.4. The van der Waals surface area contributed by atoms with Crippen molar-refractivity contribution in [2.75, 3.05) is 43.4 Å². The molecule has 1 atom stereocenters. The van der Waals surface area contributed by atoms with E-state index in [-0.39, 0.29) is 17.8 Å². The standard InChI is InChI=1S/C21H26FN5O3/c1-3-30-21(29)27-12-10-26(11-13-27)15(2)17-7-4-8-18(19(17)22)25-20(28)24-16-6-5-9-23-14-16/h4-9,14-15H,3,10-13H2,1-2H3,(H2,24,25,28)/t15-/m0/s1. The molecule has 30 heavy (non-hydrogen) atoms. The molecular formula is C21H26FN5O3. The van der Waals surface area contributed by atoms with Crippen LogP contribution >= 0.6 is 0 Å². The van der Waals surface area contributed by atoms with Crippen molar-refractivity contribution in [2.45, 2.75) is 19.9 Å². The number of pyridine rings is 1. The Balaban J connectivity index is 1.63. The van der Waals surface area contributed by atoms with Gasteiger partial charge in [0.15, 0.2) is 5.82 Å². The summed E-state index contributed by atoms with van der Waals surface area (Å²) in [6.45, 7) is 6.30. The molecule has 3 rings (SSSR count). The van der Waals surface area contributed by atoms with Gasteiger partial charge in [0.1, 0.15) is 0 Å². The number of halogens is 1. The van der Waals surface area contributed by atoms with Gasteiger partial charge in [-0.05, 0) is 32.0 Å². The van der Waals surface area contributed by atoms with Gasteiger partial charge in [-0.1, -0.05) is 12.1 Å². The van der Waals surface area contributed by atoms with Crippen molar-refractivity contribution in [3.63, 3.8) is 0 Å². The zero-order valence-electron chi connectivity index (χ0n) is 17.1. The minimum absolute atomic E-state index is 0.103. The third-order valence-corrected chi connectivity index (χ3v) is 5.03. The number of anilines is 2. The first-order valence-electron chi connectivity index (χ1n) is 9.91. The summed E-state index contributed by atoms with van der Waals surface area (Å²) in [5.74, 6) is -0.473. The quantitative estimate of drug-likeness (QED) is 0.778.